The lowest BCUT2D eigenvalue weighted by molar-refractivity contribution is 0.0319. The van der Waals surface area contributed by atoms with Crippen molar-refractivity contribution < 1.29 is 9.53 Å². The van der Waals surface area contributed by atoms with Crippen molar-refractivity contribution in [1.82, 2.24) is 9.97 Å². The van der Waals surface area contributed by atoms with Gasteiger partial charge in [-0.3, -0.25) is 4.79 Å². The number of fused-ring (bicyclic) bond motifs is 2. The van der Waals surface area contributed by atoms with Crippen LogP contribution in [0.3, 0.4) is 0 Å². The molecule has 3 aromatic rings. The molecule has 4 rings (SSSR count). The third kappa shape index (κ3) is 2.98. The molecule has 0 bridgehead atoms. The summed E-state index contributed by atoms with van der Waals surface area (Å²) in [4.78, 5) is 33.2. The van der Waals surface area contributed by atoms with Crippen LogP contribution in [0.15, 0.2) is 34.4 Å². The number of aromatic nitrogens is 2. The first-order valence-electron chi connectivity index (χ1n) is 8.42. The average molecular weight is 354 g/mol. The quantitative estimate of drug-likeness (QED) is 0.727. The summed E-state index contributed by atoms with van der Waals surface area (Å²) in [6, 6.07) is 7.12. The third-order valence-electron chi connectivity index (χ3n) is 4.58. The second-order valence-electron chi connectivity index (χ2n) is 6.27. The van der Waals surface area contributed by atoms with Gasteiger partial charge in [-0.05, 0) is 50.3 Å². The van der Waals surface area contributed by atoms with Gasteiger partial charge in [-0.1, -0.05) is 12.1 Å². The lowest BCUT2D eigenvalue weighted by atomic mass is 9.96. The summed E-state index contributed by atoms with van der Waals surface area (Å²) in [6.07, 6.45) is 3.65. The number of hydrogen-bond donors (Lipinski definition) is 1. The molecule has 25 heavy (non-hydrogen) atoms. The number of aromatic amines is 1. The second-order valence-corrected chi connectivity index (χ2v) is 7.24. The van der Waals surface area contributed by atoms with Crippen LogP contribution in [0.4, 0.5) is 0 Å². The van der Waals surface area contributed by atoms with Crippen molar-refractivity contribution in [3.8, 4) is 0 Å². The topological polar surface area (TPSA) is 72.0 Å². The van der Waals surface area contributed by atoms with E-state index in [-0.39, 0.29) is 11.5 Å². The van der Waals surface area contributed by atoms with Crippen LogP contribution in [0.1, 0.15) is 52.5 Å². The predicted molar refractivity (Wildman–Crippen MR) is 97.2 cm³/mol. The number of carbonyl (C=O) groups excluding carboxylic acids is 1. The van der Waals surface area contributed by atoms with Crippen LogP contribution < -0.4 is 5.56 Å². The smallest absolute Gasteiger partial charge is 0.339 e. The van der Waals surface area contributed by atoms with Gasteiger partial charge in [0.25, 0.3) is 5.56 Å². The molecule has 2 heterocycles. The Bertz CT molecular complexity index is 1010. The normalized spacial score (nSPS) is 14.9. The highest BCUT2D eigenvalue weighted by atomic mass is 32.1. The van der Waals surface area contributed by atoms with Crippen LogP contribution in [0.25, 0.3) is 10.9 Å². The first-order valence-corrected chi connectivity index (χ1v) is 9.30. The Kier molecular flexibility index (Phi) is 4.13. The van der Waals surface area contributed by atoms with Gasteiger partial charge in [0, 0.05) is 10.3 Å². The molecule has 5 nitrogen and oxygen atoms in total. The van der Waals surface area contributed by atoms with Gasteiger partial charge in [0.1, 0.15) is 0 Å². The monoisotopic (exact) mass is 354 g/mol. The minimum absolute atomic E-state index is 0.226. The van der Waals surface area contributed by atoms with Crippen molar-refractivity contribution in [2.75, 3.05) is 0 Å². The highest BCUT2D eigenvalue weighted by Crippen LogP contribution is 2.31. The van der Waals surface area contributed by atoms with Crippen molar-refractivity contribution >= 4 is 28.2 Å². The highest BCUT2D eigenvalue weighted by molar-refractivity contribution is 7.10. The number of ether oxygens (including phenoxy) is 1. The maximum Gasteiger partial charge on any atom is 0.339 e. The summed E-state index contributed by atoms with van der Waals surface area (Å²) in [5.74, 6) is 0.0175. The molecule has 0 aliphatic heterocycles. The average Bonchev–Trinajstić information content (AvgIpc) is 3.06. The van der Waals surface area contributed by atoms with E-state index in [1.807, 2.05) is 11.4 Å². The molecule has 1 aliphatic rings. The number of aryl methyl sites for hydroxylation is 1. The number of rotatable bonds is 3. The Balaban J connectivity index is 1.59. The number of hydrogen-bond acceptors (Lipinski definition) is 5. The second kappa shape index (κ2) is 6.44. The number of para-hydroxylation sites is 1. The SMILES string of the molecule is C[C@H](OC(=O)c1csc2c1CCCC2)c1nc2ccccc2c(=O)[nH]1. The fourth-order valence-electron chi connectivity index (χ4n) is 3.24. The molecule has 0 unspecified atom stereocenters. The number of thiophene rings is 1. The van der Waals surface area contributed by atoms with Gasteiger partial charge in [-0.25, -0.2) is 9.78 Å². The summed E-state index contributed by atoms with van der Waals surface area (Å²) in [6.45, 7) is 1.73. The number of benzene rings is 1. The van der Waals surface area contributed by atoms with E-state index in [4.69, 9.17) is 4.74 Å². The van der Waals surface area contributed by atoms with Gasteiger partial charge in [0.2, 0.25) is 0 Å². The van der Waals surface area contributed by atoms with Crippen LogP contribution in [-0.4, -0.2) is 15.9 Å². The molecule has 0 saturated heterocycles. The number of H-pyrrole nitrogens is 1. The lowest BCUT2D eigenvalue weighted by Crippen LogP contribution is -2.18. The highest BCUT2D eigenvalue weighted by Gasteiger charge is 2.23. The van der Waals surface area contributed by atoms with E-state index < -0.39 is 6.10 Å². The molecule has 1 aromatic carbocycles. The van der Waals surface area contributed by atoms with E-state index >= 15 is 0 Å². The molecule has 0 radical (unpaired) electrons. The van der Waals surface area contributed by atoms with E-state index in [0.29, 0.717) is 22.3 Å². The van der Waals surface area contributed by atoms with Crippen molar-refractivity contribution in [3.05, 3.63) is 61.8 Å². The largest absolute Gasteiger partial charge is 0.451 e. The molecule has 1 aliphatic carbocycles. The molecule has 0 saturated carbocycles. The molecule has 0 amide bonds. The fourth-order valence-corrected chi connectivity index (χ4v) is 4.36. The maximum atomic E-state index is 12.6. The Morgan fingerprint density at radius 2 is 2.08 bits per heavy atom. The van der Waals surface area contributed by atoms with E-state index in [0.717, 1.165) is 24.8 Å². The standard InChI is InChI=1S/C19H18N2O3S/c1-11(17-20-15-8-4-2-7-13(15)18(22)21-17)24-19(23)14-10-25-16-9-5-3-6-12(14)16/h2,4,7-8,10-11H,3,5-6,9H2,1H3,(H,20,21,22)/t11-/m0/s1. The lowest BCUT2D eigenvalue weighted by Gasteiger charge is -2.15. The van der Waals surface area contributed by atoms with Crippen molar-refractivity contribution in [2.24, 2.45) is 0 Å². The Hall–Kier alpha value is -2.47. The number of nitrogens with zero attached hydrogens (tertiary/aromatic N) is 1. The van der Waals surface area contributed by atoms with Crippen LogP contribution in [0.5, 0.6) is 0 Å². The Morgan fingerprint density at radius 1 is 1.28 bits per heavy atom. The van der Waals surface area contributed by atoms with Gasteiger partial charge in [0.15, 0.2) is 11.9 Å². The number of nitrogens with one attached hydrogen (secondary N) is 1. The molecule has 1 atom stereocenters. The summed E-state index contributed by atoms with van der Waals surface area (Å²) < 4.78 is 5.59. The molecule has 0 spiro atoms. The molecule has 0 fully saturated rings. The van der Waals surface area contributed by atoms with Gasteiger partial charge < -0.3 is 9.72 Å². The first kappa shape index (κ1) is 16.0. The number of carbonyl (C=O) groups is 1. The summed E-state index contributed by atoms with van der Waals surface area (Å²) in [7, 11) is 0. The van der Waals surface area contributed by atoms with Crippen LogP contribution >= 0.6 is 11.3 Å². The first-order chi connectivity index (χ1) is 12.1. The zero-order valence-corrected chi connectivity index (χ0v) is 14.7. The van der Waals surface area contributed by atoms with Crippen molar-refractivity contribution in [1.29, 1.82) is 0 Å². The Labute approximate surface area is 148 Å². The van der Waals surface area contributed by atoms with E-state index in [9.17, 15) is 9.59 Å². The summed E-state index contributed by atoms with van der Waals surface area (Å²) in [5.41, 5.74) is 2.16. The minimum atomic E-state index is -0.621. The summed E-state index contributed by atoms with van der Waals surface area (Å²) >= 11 is 1.63. The molecule has 6 heteroatoms. The predicted octanol–water partition coefficient (Wildman–Crippen LogP) is 3.78. The molecule has 1 N–H and O–H groups in total. The van der Waals surface area contributed by atoms with Crippen LogP contribution in [0, 0.1) is 0 Å². The zero-order valence-electron chi connectivity index (χ0n) is 13.9. The van der Waals surface area contributed by atoms with Gasteiger partial charge in [-0.15, -0.1) is 11.3 Å². The van der Waals surface area contributed by atoms with E-state index in [2.05, 4.69) is 9.97 Å². The molecule has 2 aromatic heterocycles. The number of esters is 1. The van der Waals surface area contributed by atoms with Gasteiger partial charge in [-0.2, -0.15) is 0 Å². The van der Waals surface area contributed by atoms with Gasteiger partial charge in [0.05, 0.1) is 16.5 Å². The van der Waals surface area contributed by atoms with Crippen LogP contribution in [0.2, 0.25) is 0 Å². The van der Waals surface area contributed by atoms with Crippen molar-refractivity contribution in [2.45, 2.75) is 38.7 Å². The molecular formula is C19H18N2O3S. The van der Waals surface area contributed by atoms with Crippen molar-refractivity contribution in [3.63, 3.8) is 0 Å². The minimum Gasteiger partial charge on any atom is -0.451 e. The fraction of sp³-hybridized carbons (Fsp3) is 0.316. The van der Waals surface area contributed by atoms with E-state index in [1.165, 1.54) is 11.3 Å². The zero-order chi connectivity index (χ0) is 17.4. The van der Waals surface area contributed by atoms with Crippen LogP contribution in [-0.2, 0) is 17.6 Å². The Morgan fingerprint density at radius 3 is 2.96 bits per heavy atom. The third-order valence-corrected chi connectivity index (χ3v) is 5.67. The summed E-state index contributed by atoms with van der Waals surface area (Å²) in [5, 5.41) is 2.42. The van der Waals surface area contributed by atoms with E-state index in [1.54, 1.807) is 36.5 Å². The molecular weight excluding hydrogens is 336 g/mol. The van der Waals surface area contributed by atoms with Gasteiger partial charge >= 0.3 is 5.97 Å². The molecule has 128 valence electrons. The maximum absolute atomic E-state index is 12.6.